The molecule has 1 fully saturated rings. The number of ether oxygens (including phenoxy) is 1. The molecule has 9 heteroatoms. The van der Waals surface area contributed by atoms with Crippen molar-refractivity contribution in [3.05, 3.63) is 75.8 Å². The Kier molecular flexibility index (Phi) is 7.47. The number of amides is 1. The molecule has 0 saturated carbocycles. The van der Waals surface area contributed by atoms with E-state index in [4.69, 9.17) is 16.3 Å². The first-order chi connectivity index (χ1) is 16.4. The first-order valence-corrected chi connectivity index (χ1v) is 11.5. The van der Waals surface area contributed by atoms with E-state index in [1.807, 2.05) is 29.2 Å². The molecule has 2 aromatic carbocycles. The maximum Gasteiger partial charge on any atom is 0.266 e. The predicted octanol–water partition coefficient (Wildman–Crippen LogP) is 3.84. The van der Waals surface area contributed by atoms with Gasteiger partial charge in [0.1, 0.15) is 11.6 Å². The zero-order valence-corrected chi connectivity index (χ0v) is 19.7. The van der Waals surface area contributed by atoms with E-state index < -0.39 is 5.82 Å². The molecule has 3 aromatic rings. The third kappa shape index (κ3) is 5.56. The highest BCUT2D eigenvalue weighted by Crippen LogP contribution is 2.24. The number of rotatable bonds is 7. The first-order valence-electron chi connectivity index (χ1n) is 11.1. The number of halogens is 2. The van der Waals surface area contributed by atoms with Crippen LogP contribution in [0.3, 0.4) is 0 Å². The van der Waals surface area contributed by atoms with Crippen LogP contribution in [0.15, 0.2) is 59.4 Å². The number of hydrogen-bond acceptors (Lipinski definition) is 5. The van der Waals surface area contributed by atoms with Gasteiger partial charge in [-0.15, -0.1) is 0 Å². The molecule has 2 heterocycles. The molecule has 0 radical (unpaired) electrons. The Bertz CT molecular complexity index is 1220. The van der Waals surface area contributed by atoms with Gasteiger partial charge in [0.2, 0.25) is 5.91 Å². The summed E-state index contributed by atoms with van der Waals surface area (Å²) in [6.45, 7) is 2.82. The van der Waals surface area contributed by atoms with Crippen LogP contribution >= 0.6 is 11.6 Å². The van der Waals surface area contributed by atoms with Crippen LogP contribution in [0.25, 0.3) is 11.3 Å². The van der Waals surface area contributed by atoms with Crippen molar-refractivity contribution < 1.29 is 13.9 Å². The Hall–Kier alpha value is -3.39. The minimum atomic E-state index is -0.443. The van der Waals surface area contributed by atoms with E-state index in [2.05, 4.69) is 10.00 Å². The monoisotopic (exact) mass is 484 g/mol. The molecule has 7 nitrogen and oxygen atoms in total. The molecule has 0 atom stereocenters. The summed E-state index contributed by atoms with van der Waals surface area (Å²) in [4.78, 5) is 28.9. The van der Waals surface area contributed by atoms with Crippen molar-refractivity contribution in [3.63, 3.8) is 0 Å². The average Bonchev–Trinajstić information content (AvgIpc) is 2.87. The highest BCUT2D eigenvalue weighted by atomic mass is 35.5. The van der Waals surface area contributed by atoms with Crippen LogP contribution in [0.5, 0.6) is 5.75 Å². The lowest BCUT2D eigenvalue weighted by Gasteiger charge is -2.36. The minimum Gasteiger partial charge on any atom is -0.497 e. The van der Waals surface area contributed by atoms with E-state index in [1.165, 1.54) is 16.8 Å². The summed E-state index contributed by atoms with van der Waals surface area (Å²) in [5.41, 5.74) is 2.16. The van der Waals surface area contributed by atoms with Gasteiger partial charge in [-0.2, -0.15) is 5.10 Å². The van der Waals surface area contributed by atoms with Crippen LogP contribution in [0, 0.1) is 5.82 Å². The zero-order valence-electron chi connectivity index (χ0n) is 18.9. The predicted molar refractivity (Wildman–Crippen MR) is 130 cm³/mol. The van der Waals surface area contributed by atoms with E-state index in [0.29, 0.717) is 57.0 Å². The van der Waals surface area contributed by atoms with Gasteiger partial charge in [0.05, 0.1) is 17.8 Å². The molecular weight excluding hydrogens is 459 g/mol. The number of aromatic nitrogens is 2. The van der Waals surface area contributed by atoms with Gasteiger partial charge in [0, 0.05) is 56.5 Å². The highest BCUT2D eigenvalue weighted by Gasteiger charge is 2.21. The highest BCUT2D eigenvalue weighted by molar-refractivity contribution is 6.31. The fourth-order valence-electron chi connectivity index (χ4n) is 3.98. The summed E-state index contributed by atoms with van der Waals surface area (Å²) < 4.78 is 20.1. The van der Waals surface area contributed by atoms with Crippen molar-refractivity contribution in [2.75, 3.05) is 38.2 Å². The van der Waals surface area contributed by atoms with Crippen molar-refractivity contribution in [1.29, 1.82) is 0 Å². The number of aryl methyl sites for hydroxylation is 1. The van der Waals surface area contributed by atoms with E-state index in [-0.39, 0.29) is 16.5 Å². The molecule has 0 bridgehead atoms. The molecule has 1 aromatic heterocycles. The van der Waals surface area contributed by atoms with Gasteiger partial charge in [-0.3, -0.25) is 9.59 Å². The molecule has 0 spiro atoms. The van der Waals surface area contributed by atoms with E-state index in [9.17, 15) is 14.0 Å². The number of benzene rings is 2. The normalized spacial score (nSPS) is 13.7. The molecule has 1 saturated heterocycles. The van der Waals surface area contributed by atoms with Crippen molar-refractivity contribution in [1.82, 2.24) is 14.7 Å². The summed E-state index contributed by atoms with van der Waals surface area (Å²) >= 11 is 5.89. The number of nitrogens with zero attached hydrogens (tertiary/aromatic N) is 4. The van der Waals surface area contributed by atoms with Crippen LogP contribution in [-0.4, -0.2) is 53.9 Å². The lowest BCUT2D eigenvalue weighted by molar-refractivity contribution is -0.131. The minimum absolute atomic E-state index is 0.0498. The quantitative estimate of drug-likeness (QED) is 0.509. The van der Waals surface area contributed by atoms with Crippen LogP contribution < -0.4 is 15.2 Å². The number of methoxy groups -OCH3 is 1. The Balaban J connectivity index is 1.30. The zero-order chi connectivity index (χ0) is 24.1. The third-order valence-electron chi connectivity index (χ3n) is 5.89. The summed E-state index contributed by atoms with van der Waals surface area (Å²) in [5, 5.41) is 4.56. The molecular formula is C25H26ClFN4O3. The third-order valence-corrected chi connectivity index (χ3v) is 6.18. The van der Waals surface area contributed by atoms with Gasteiger partial charge in [-0.1, -0.05) is 23.7 Å². The SMILES string of the molecule is COc1cccc(-c2ccc(=O)n(CCCC(=O)N3CCN(c4ccc(F)c(Cl)c4)CC3)n2)c1. The molecule has 0 aliphatic carbocycles. The summed E-state index contributed by atoms with van der Waals surface area (Å²) in [6.07, 6.45) is 0.848. The molecule has 1 amide bonds. The standard InChI is InChI=1S/C25H26ClFN4O3/c1-34-20-5-2-4-18(16-20)23-9-10-25(33)31(28-23)11-3-6-24(32)30-14-12-29(13-15-30)19-7-8-22(27)21(26)17-19/h2,4-5,7-10,16-17H,3,6,11-15H2,1H3. The maximum atomic E-state index is 13.4. The fourth-order valence-corrected chi connectivity index (χ4v) is 4.15. The van der Waals surface area contributed by atoms with Crippen molar-refractivity contribution in [2.24, 2.45) is 0 Å². The summed E-state index contributed by atoms with van der Waals surface area (Å²) in [5.74, 6) is 0.320. The van der Waals surface area contributed by atoms with Crippen molar-refractivity contribution in [2.45, 2.75) is 19.4 Å². The molecule has 0 unspecified atom stereocenters. The Morgan fingerprint density at radius 2 is 1.88 bits per heavy atom. The van der Waals surface area contributed by atoms with Crippen LogP contribution in [-0.2, 0) is 11.3 Å². The second-order valence-corrected chi connectivity index (χ2v) is 8.49. The summed E-state index contributed by atoms with van der Waals surface area (Å²) in [6, 6.07) is 15.3. The lowest BCUT2D eigenvalue weighted by Crippen LogP contribution is -2.48. The maximum absolute atomic E-state index is 13.4. The largest absolute Gasteiger partial charge is 0.497 e. The van der Waals surface area contributed by atoms with Gasteiger partial charge in [-0.25, -0.2) is 9.07 Å². The second kappa shape index (κ2) is 10.7. The second-order valence-electron chi connectivity index (χ2n) is 8.08. The summed E-state index contributed by atoms with van der Waals surface area (Å²) in [7, 11) is 1.60. The Morgan fingerprint density at radius 1 is 1.09 bits per heavy atom. The number of hydrogen-bond donors (Lipinski definition) is 0. The molecule has 4 rings (SSSR count). The van der Waals surface area contributed by atoms with Crippen LogP contribution in [0.2, 0.25) is 5.02 Å². The van der Waals surface area contributed by atoms with Gasteiger partial charge in [0.25, 0.3) is 5.56 Å². The van der Waals surface area contributed by atoms with Crippen LogP contribution in [0.1, 0.15) is 12.8 Å². The average molecular weight is 485 g/mol. The molecule has 0 N–H and O–H groups in total. The smallest absolute Gasteiger partial charge is 0.266 e. The first kappa shape index (κ1) is 23.8. The van der Waals surface area contributed by atoms with Crippen LogP contribution in [0.4, 0.5) is 10.1 Å². The van der Waals surface area contributed by atoms with E-state index in [0.717, 1.165) is 11.3 Å². The molecule has 34 heavy (non-hydrogen) atoms. The fraction of sp³-hybridized carbons (Fsp3) is 0.320. The number of piperazine rings is 1. The van der Waals surface area contributed by atoms with E-state index in [1.54, 1.807) is 25.3 Å². The van der Waals surface area contributed by atoms with Crippen molar-refractivity contribution in [3.8, 4) is 17.0 Å². The van der Waals surface area contributed by atoms with Gasteiger partial charge in [-0.05, 0) is 42.8 Å². The van der Waals surface area contributed by atoms with E-state index >= 15 is 0 Å². The van der Waals surface area contributed by atoms with Gasteiger partial charge in [0.15, 0.2) is 0 Å². The Morgan fingerprint density at radius 3 is 2.62 bits per heavy atom. The lowest BCUT2D eigenvalue weighted by atomic mass is 10.1. The molecule has 1 aliphatic rings. The van der Waals surface area contributed by atoms with Gasteiger partial charge >= 0.3 is 0 Å². The molecule has 1 aliphatic heterocycles. The Labute approximate surface area is 202 Å². The number of carbonyl (C=O) groups is 1. The number of anilines is 1. The van der Waals surface area contributed by atoms with Crippen molar-refractivity contribution >= 4 is 23.2 Å². The molecule has 178 valence electrons. The topological polar surface area (TPSA) is 67.7 Å². The number of carbonyl (C=O) groups excluding carboxylic acids is 1. The van der Waals surface area contributed by atoms with Gasteiger partial charge < -0.3 is 14.5 Å².